The van der Waals surface area contributed by atoms with Gasteiger partial charge in [0.25, 0.3) is 0 Å². The van der Waals surface area contributed by atoms with Crippen molar-refractivity contribution in [3.63, 3.8) is 0 Å². The molecule has 0 fully saturated rings. The van der Waals surface area contributed by atoms with E-state index in [-0.39, 0.29) is 11.9 Å². The fraction of sp³-hybridized carbons (Fsp3) is 0.462. The minimum atomic E-state index is -0.169. The highest BCUT2D eigenvalue weighted by atomic mass is 19.1. The molecule has 0 amide bonds. The highest BCUT2D eigenvalue weighted by Crippen LogP contribution is 2.11. The lowest BCUT2D eigenvalue weighted by atomic mass is 10.0. The van der Waals surface area contributed by atoms with Crippen LogP contribution in [0.3, 0.4) is 0 Å². The Hall–Kier alpha value is -1.82. The molecule has 0 aliphatic rings. The van der Waals surface area contributed by atoms with Gasteiger partial charge in [0.1, 0.15) is 5.82 Å². The lowest BCUT2D eigenvalue weighted by Crippen LogP contribution is -2.33. The molecule has 1 aromatic carbocycles. The Bertz CT molecular complexity index is 525. The molecule has 19 heavy (non-hydrogen) atoms. The van der Waals surface area contributed by atoms with E-state index in [1.807, 2.05) is 19.1 Å². The topological polar surface area (TPSA) is 55.6 Å². The first-order chi connectivity index (χ1) is 9.19. The van der Waals surface area contributed by atoms with E-state index in [0.29, 0.717) is 24.2 Å². The average molecular weight is 263 g/mol. The van der Waals surface area contributed by atoms with Gasteiger partial charge < -0.3 is 5.32 Å². The van der Waals surface area contributed by atoms with Crippen molar-refractivity contribution in [2.24, 2.45) is 7.05 Å². The number of aryl methyl sites for hydroxylation is 1. The number of likely N-dealkylation sites (N-methyl/N-ethyl adjacent to an activating group) is 1. The van der Waals surface area contributed by atoms with Crippen molar-refractivity contribution < 1.29 is 4.39 Å². The molecule has 0 saturated carbocycles. The second kappa shape index (κ2) is 6.38. The van der Waals surface area contributed by atoms with Gasteiger partial charge in [0.15, 0.2) is 5.82 Å². The van der Waals surface area contributed by atoms with Crippen molar-refractivity contribution in [1.82, 2.24) is 25.5 Å². The van der Waals surface area contributed by atoms with E-state index in [1.54, 1.807) is 13.1 Å². The third-order valence-corrected chi connectivity index (χ3v) is 2.90. The van der Waals surface area contributed by atoms with E-state index < -0.39 is 0 Å². The lowest BCUT2D eigenvalue weighted by molar-refractivity contribution is 0.495. The quantitative estimate of drug-likeness (QED) is 0.848. The predicted octanol–water partition coefficient (Wildman–Crippen LogP) is 1.11. The molecular formula is C13H18FN5. The SMILES string of the molecule is CCNC(Cc1nnn(C)n1)Cc1ccccc1F. The molecular weight excluding hydrogens is 245 g/mol. The van der Waals surface area contributed by atoms with Gasteiger partial charge in [-0.15, -0.1) is 10.2 Å². The molecule has 0 aliphatic heterocycles. The zero-order valence-corrected chi connectivity index (χ0v) is 11.2. The Morgan fingerprint density at radius 3 is 2.74 bits per heavy atom. The summed E-state index contributed by atoms with van der Waals surface area (Å²) in [6, 6.07) is 6.95. The van der Waals surface area contributed by atoms with E-state index >= 15 is 0 Å². The summed E-state index contributed by atoms with van der Waals surface area (Å²) in [5.74, 6) is 0.502. The van der Waals surface area contributed by atoms with Gasteiger partial charge in [-0.05, 0) is 29.8 Å². The number of benzene rings is 1. The first kappa shape index (κ1) is 13.6. The summed E-state index contributed by atoms with van der Waals surface area (Å²) < 4.78 is 13.7. The van der Waals surface area contributed by atoms with Crippen LogP contribution < -0.4 is 5.32 Å². The number of rotatable bonds is 6. The van der Waals surface area contributed by atoms with E-state index in [2.05, 4.69) is 20.7 Å². The van der Waals surface area contributed by atoms with Crippen LogP contribution >= 0.6 is 0 Å². The Kier molecular flexibility index (Phi) is 4.57. The minimum absolute atomic E-state index is 0.103. The summed E-state index contributed by atoms with van der Waals surface area (Å²) in [6.07, 6.45) is 1.24. The third kappa shape index (κ3) is 3.82. The zero-order valence-electron chi connectivity index (χ0n) is 11.2. The molecule has 0 aliphatic carbocycles. The highest BCUT2D eigenvalue weighted by molar-refractivity contribution is 5.18. The molecule has 1 atom stereocenters. The Labute approximate surface area is 111 Å². The number of nitrogens with zero attached hydrogens (tertiary/aromatic N) is 4. The maximum atomic E-state index is 13.7. The summed E-state index contributed by atoms with van der Waals surface area (Å²) in [5.41, 5.74) is 0.706. The standard InChI is InChI=1S/C13H18FN5/c1-3-15-11(9-13-16-18-19(2)17-13)8-10-6-4-5-7-12(10)14/h4-7,11,15H,3,8-9H2,1-2H3. The Morgan fingerprint density at radius 2 is 2.11 bits per heavy atom. The van der Waals surface area contributed by atoms with Crippen molar-refractivity contribution >= 4 is 0 Å². The first-order valence-electron chi connectivity index (χ1n) is 6.38. The average Bonchev–Trinajstić information content (AvgIpc) is 2.78. The van der Waals surface area contributed by atoms with E-state index in [0.717, 1.165) is 6.54 Å². The molecule has 6 heteroatoms. The molecule has 2 aromatic rings. The largest absolute Gasteiger partial charge is 0.313 e. The van der Waals surface area contributed by atoms with E-state index in [1.165, 1.54) is 10.9 Å². The molecule has 102 valence electrons. The van der Waals surface area contributed by atoms with Crippen LogP contribution in [-0.2, 0) is 19.9 Å². The summed E-state index contributed by atoms with van der Waals surface area (Å²) in [7, 11) is 1.73. The molecule has 1 unspecified atom stereocenters. The van der Waals surface area contributed by atoms with Gasteiger partial charge in [-0.1, -0.05) is 25.1 Å². The fourth-order valence-corrected chi connectivity index (χ4v) is 2.06. The van der Waals surface area contributed by atoms with Crippen LogP contribution in [-0.4, -0.2) is 32.8 Å². The number of tetrazole rings is 1. The predicted molar refractivity (Wildman–Crippen MR) is 70.1 cm³/mol. The molecule has 2 rings (SSSR count). The lowest BCUT2D eigenvalue weighted by Gasteiger charge is -2.16. The molecule has 0 spiro atoms. The van der Waals surface area contributed by atoms with Crippen LogP contribution in [0, 0.1) is 5.82 Å². The van der Waals surface area contributed by atoms with Crippen LogP contribution in [0.25, 0.3) is 0 Å². The van der Waals surface area contributed by atoms with Crippen molar-refractivity contribution in [3.8, 4) is 0 Å². The molecule has 1 aromatic heterocycles. The second-order valence-corrected chi connectivity index (χ2v) is 4.45. The molecule has 1 N–H and O–H groups in total. The minimum Gasteiger partial charge on any atom is -0.313 e. The van der Waals surface area contributed by atoms with E-state index in [9.17, 15) is 4.39 Å². The van der Waals surface area contributed by atoms with E-state index in [4.69, 9.17) is 0 Å². The smallest absolute Gasteiger partial charge is 0.176 e. The van der Waals surface area contributed by atoms with Crippen LogP contribution in [0.1, 0.15) is 18.3 Å². The second-order valence-electron chi connectivity index (χ2n) is 4.45. The van der Waals surface area contributed by atoms with Crippen LogP contribution in [0.15, 0.2) is 24.3 Å². The maximum Gasteiger partial charge on any atom is 0.176 e. The van der Waals surface area contributed by atoms with Crippen LogP contribution in [0.5, 0.6) is 0 Å². The van der Waals surface area contributed by atoms with Crippen LogP contribution in [0.2, 0.25) is 0 Å². The maximum absolute atomic E-state index is 13.7. The van der Waals surface area contributed by atoms with Crippen molar-refractivity contribution in [2.75, 3.05) is 6.54 Å². The van der Waals surface area contributed by atoms with Crippen molar-refractivity contribution in [1.29, 1.82) is 0 Å². The van der Waals surface area contributed by atoms with Gasteiger partial charge in [-0.3, -0.25) is 0 Å². The summed E-state index contributed by atoms with van der Waals surface area (Å²) in [5, 5.41) is 15.3. The van der Waals surface area contributed by atoms with Gasteiger partial charge in [-0.25, -0.2) is 4.39 Å². The van der Waals surface area contributed by atoms with Crippen molar-refractivity contribution in [3.05, 3.63) is 41.5 Å². The fourth-order valence-electron chi connectivity index (χ4n) is 2.06. The van der Waals surface area contributed by atoms with Crippen LogP contribution in [0.4, 0.5) is 4.39 Å². The highest BCUT2D eigenvalue weighted by Gasteiger charge is 2.14. The zero-order chi connectivity index (χ0) is 13.7. The number of halogens is 1. The van der Waals surface area contributed by atoms with Gasteiger partial charge in [-0.2, -0.15) is 4.80 Å². The van der Waals surface area contributed by atoms with Gasteiger partial charge in [0, 0.05) is 12.5 Å². The first-order valence-corrected chi connectivity index (χ1v) is 6.38. The molecule has 0 bridgehead atoms. The number of aromatic nitrogens is 4. The van der Waals surface area contributed by atoms with Gasteiger partial charge in [0.2, 0.25) is 0 Å². The Balaban J connectivity index is 2.06. The third-order valence-electron chi connectivity index (χ3n) is 2.90. The van der Waals surface area contributed by atoms with Gasteiger partial charge in [0.05, 0.1) is 7.05 Å². The summed E-state index contributed by atoms with van der Waals surface area (Å²) in [6.45, 7) is 2.85. The van der Waals surface area contributed by atoms with Crippen molar-refractivity contribution in [2.45, 2.75) is 25.8 Å². The number of hydrogen-bond donors (Lipinski definition) is 1. The number of nitrogens with one attached hydrogen (secondary N) is 1. The summed E-state index contributed by atoms with van der Waals surface area (Å²) >= 11 is 0. The monoisotopic (exact) mass is 263 g/mol. The molecule has 1 heterocycles. The number of hydrogen-bond acceptors (Lipinski definition) is 4. The molecule has 0 saturated heterocycles. The normalized spacial score (nSPS) is 12.6. The van der Waals surface area contributed by atoms with Gasteiger partial charge >= 0.3 is 0 Å². The molecule has 5 nitrogen and oxygen atoms in total. The molecule has 0 radical (unpaired) electrons. The Morgan fingerprint density at radius 1 is 1.32 bits per heavy atom. The summed E-state index contributed by atoms with van der Waals surface area (Å²) in [4.78, 5) is 1.43.